The zero-order valence-electron chi connectivity index (χ0n) is 22.4. The van der Waals surface area contributed by atoms with E-state index in [0.717, 1.165) is 54.9 Å². The minimum Gasteiger partial charge on any atom is -0.391 e. The molecule has 0 unspecified atom stereocenters. The van der Waals surface area contributed by atoms with Gasteiger partial charge in [0.05, 0.1) is 11.4 Å². The van der Waals surface area contributed by atoms with Crippen LogP contribution in [0.4, 0.5) is 0 Å². The topological polar surface area (TPSA) is 67.2 Å². The molecule has 2 rings (SSSR count). The van der Waals surface area contributed by atoms with Crippen LogP contribution in [0.2, 0.25) is 0 Å². The Morgan fingerprint density at radius 1 is 0.657 bits per heavy atom. The molecule has 2 aromatic rings. The molecule has 6 nitrogen and oxygen atoms in total. The van der Waals surface area contributed by atoms with Gasteiger partial charge in [-0.2, -0.15) is 0 Å². The van der Waals surface area contributed by atoms with Crippen molar-refractivity contribution in [2.75, 3.05) is 13.1 Å². The smallest absolute Gasteiger partial charge is 0.142 e. The predicted octanol–water partition coefficient (Wildman–Crippen LogP) is 6.08. The van der Waals surface area contributed by atoms with E-state index in [2.05, 4.69) is 48.6 Å². The molecule has 2 N–H and O–H groups in total. The maximum absolute atomic E-state index is 5.52. The molecule has 0 aliphatic rings. The van der Waals surface area contributed by atoms with E-state index in [1.165, 1.54) is 0 Å². The van der Waals surface area contributed by atoms with Crippen molar-refractivity contribution < 1.29 is 9.68 Å². The van der Waals surface area contributed by atoms with Crippen LogP contribution in [-0.2, 0) is 22.9 Å². The SMILES string of the molecule is CC(CC(C)(C)NCCCNC(C)(C)CC(C)=NOCc1ccccc1)=NOCc1ccccc1. The van der Waals surface area contributed by atoms with E-state index >= 15 is 0 Å². The van der Waals surface area contributed by atoms with Crippen LogP contribution in [0.15, 0.2) is 71.0 Å². The molecule has 0 radical (unpaired) electrons. The van der Waals surface area contributed by atoms with E-state index in [0.29, 0.717) is 13.2 Å². The Hall–Kier alpha value is -2.70. The standard InChI is InChI=1S/C29H44N4O2/c1-24(32-34-22-26-14-9-7-10-15-26)20-28(3,4)30-18-13-19-31-29(5,6)21-25(2)33-35-23-27-16-11-8-12-17-27/h7-12,14-17,30-31H,13,18-23H2,1-6H3. The van der Waals surface area contributed by atoms with Crippen LogP contribution >= 0.6 is 0 Å². The summed E-state index contributed by atoms with van der Waals surface area (Å²) in [6.45, 7) is 15.7. The maximum Gasteiger partial charge on any atom is 0.142 e. The molecule has 0 saturated heterocycles. The van der Waals surface area contributed by atoms with E-state index in [-0.39, 0.29) is 11.1 Å². The zero-order valence-corrected chi connectivity index (χ0v) is 22.4. The Morgan fingerprint density at radius 3 is 1.40 bits per heavy atom. The largest absolute Gasteiger partial charge is 0.391 e. The number of nitrogens with zero attached hydrogens (tertiary/aromatic N) is 2. The second-order valence-electron chi connectivity index (χ2n) is 10.5. The van der Waals surface area contributed by atoms with Gasteiger partial charge in [0.2, 0.25) is 0 Å². The monoisotopic (exact) mass is 480 g/mol. The third kappa shape index (κ3) is 13.1. The summed E-state index contributed by atoms with van der Waals surface area (Å²) in [6, 6.07) is 20.2. The Kier molecular flexibility index (Phi) is 11.9. The first kappa shape index (κ1) is 28.5. The highest BCUT2D eigenvalue weighted by molar-refractivity contribution is 5.82. The van der Waals surface area contributed by atoms with Gasteiger partial charge < -0.3 is 20.3 Å². The average molecular weight is 481 g/mol. The van der Waals surface area contributed by atoms with Crippen molar-refractivity contribution in [3.05, 3.63) is 71.8 Å². The minimum atomic E-state index is -0.0431. The summed E-state index contributed by atoms with van der Waals surface area (Å²) in [4.78, 5) is 11.0. The molecule has 0 aromatic heterocycles. The fourth-order valence-corrected chi connectivity index (χ4v) is 3.99. The van der Waals surface area contributed by atoms with Gasteiger partial charge in [0, 0.05) is 23.9 Å². The molecule has 0 bridgehead atoms. The lowest BCUT2D eigenvalue weighted by molar-refractivity contribution is 0.129. The summed E-state index contributed by atoms with van der Waals surface area (Å²) in [6.07, 6.45) is 2.70. The molecule has 0 heterocycles. The fourth-order valence-electron chi connectivity index (χ4n) is 3.99. The molecule has 0 saturated carbocycles. The summed E-state index contributed by atoms with van der Waals surface area (Å²) >= 11 is 0. The lowest BCUT2D eigenvalue weighted by Gasteiger charge is -2.28. The van der Waals surface area contributed by atoms with Crippen molar-refractivity contribution in [2.45, 2.75) is 85.1 Å². The molecule has 6 heteroatoms. The number of oxime groups is 2. The summed E-state index contributed by atoms with van der Waals surface area (Å²) in [5.41, 5.74) is 4.14. The molecular weight excluding hydrogens is 436 g/mol. The predicted molar refractivity (Wildman–Crippen MR) is 147 cm³/mol. The highest BCUT2D eigenvalue weighted by atomic mass is 16.6. The fraction of sp³-hybridized carbons (Fsp3) is 0.517. The van der Waals surface area contributed by atoms with E-state index in [1.54, 1.807) is 0 Å². The van der Waals surface area contributed by atoms with Gasteiger partial charge in [-0.05, 0) is 72.2 Å². The van der Waals surface area contributed by atoms with Crippen LogP contribution in [0.25, 0.3) is 0 Å². The van der Waals surface area contributed by atoms with Crippen molar-refractivity contribution in [1.82, 2.24) is 10.6 Å². The zero-order chi connectivity index (χ0) is 25.6. The molecular formula is C29H44N4O2. The molecule has 2 aromatic carbocycles. The quantitative estimate of drug-likeness (QED) is 0.174. The second kappa shape index (κ2) is 14.6. The summed E-state index contributed by atoms with van der Waals surface area (Å²) < 4.78 is 0. The van der Waals surface area contributed by atoms with Crippen LogP contribution in [0.5, 0.6) is 0 Å². The molecule has 0 atom stereocenters. The number of hydrogen-bond donors (Lipinski definition) is 2. The molecule has 0 amide bonds. The lowest BCUT2D eigenvalue weighted by Crippen LogP contribution is -2.44. The van der Waals surface area contributed by atoms with Gasteiger partial charge in [-0.25, -0.2) is 0 Å². The van der Waals surface area contributed by atoms with Gasteiger partial charge >= 0.3 is 0 Å². The first-order valence-corrected chi connectivity index (χ1v) is 12.5. The number of nitrogens with one attached hydrogen (secondary N) is 2. The lowest BCUT2D eigenvalue weighted by atomic mass is 9.97. The van der Waals surface area contributed by atoms with E-state index in [9.17, 15) is 0 Å². The summed E-state index contributed by atoms with van der Waals surface area (Å²) in [5, 5.41) is 15.9. The molecule has 0 spiro atoms. The number of benzene rings is 2. The van der Waals surface area contributed by atoms with Crippen LogP contribution in [0.3, 0.4) is 0 Å². The van der Waals surface area contributed by atoms with E-state index < -0.39 is 0 Å². The minimum absolute atomic E-state index is 0.0431. The van der Waals surface area contributed by atoms with Gasteiger partial charge in [-0.15, -0.1) is 0 Å². The van der Waals surface area contributed by atoms with Crippen LogP contribution in [-0.4, -0.2) is 35.6 Å². The normalized spacial score (nSPS) is 13.1. The molecule has 192 valence electrons. The molecule has 0 aliphatic carbocycles. The molecule has 0 fully saturated rings. The van der Waals surface area contributed by atoms with Gasteiger partial charge in [-0.1, -0.05) is 71.0 Å². The third-order valence-corrected chi connectivity index (χ3v) is 5.55. The highest BCUT2D eigenvalue weighted by Crippen LogP contribution is 2.12. The second-order valence-corrected chi connectivity index (χ2v) is 10.5. The molecule has 0 aliphatic heterocycles. The summed E-state index contributed by atoms with van der Waals surface area (Å²) in [7, 11) is 0. The maximum atomic E-state index is 5.52. The van der Waals surface area contributed by atoms with Crippen LogP contribution in [0.1, 0.15) is 71.9 Å². The first-order chi connectivity index (χ1) is 16.7. The van der Waals surface area contributed by atoms with Gasteiger partial charge in [0.1, 0.15) is 13.2 Å². The van der Waals surface area contributed by atoms with Crippen molar-refractivity contribution in [1.29, 1.82) is 0 Å². The van der Waals surface area contributed by atoms with Gasteiger partial charge in [-0.3, -0.25) is 0 Å². The van der Waals surface area contributed by atoms with Crippen molar-refractivity contribution in [2.24, 2.45) is 10.3 Å². The van der Waals surface area contributed by atoms with Crippen LogP contribution in [0, 0.1) is 0 Å². The van der Waals surface area contributed by atoms with Crippen molar-refractivity contribution in [3.8, 4) is 0 Å². The van der Waals surface area contributed by atoms with Crippen molar-refractivity contribution in [3.63, 3.8) is 0 Å². The number of rotatable bonds is 16. The first-order valence-electron chi connectivity index (χ1n) is 12.5. The van der Waals surface area contributed by atoms with Crippen LogP contribution < -0.4 is 10.6 Å². The molecule has 35 heavy (non-hydrogen) atoms. The van der Waals surface area contributed by atoms with Gasteiger partial charge in [0.15, 0.2) is 0 Å². The third-order valence-electron chi connectivity index (χ3n) is 5.55. The summed E-state index contributed by atoms with van der Waals surface area (Å²) in [5.74, 6) is 0. The highest BCUT2D eigenvalue weighted by Gasteiger charge is 2.20. The Bertz CT molecular complexity index is 833. The average Bonchev–Trinajstić information content (AvgIpc) is 2.79. The van der Waals surface area contributed by atoms with E-state index in [1.807, 2.05) is 74.5 Å². The Morgan fingerprint density at radius 2 is 1.03 bits per heavy atom. The Balaban J connectivity index is 1.61. The number of hydrogen-bond acceptors (Lipinski definition) is 6. The van der Waals surface area contributed by atoms with E-state index in [4.69, 9.17) is 9.68 Å². The van der Waals surface area contributed by atoms with Crippen molar-refractivity contribution >= 4 is 11.4 Å². The Labute approximate surface area is 212 Å². The van der Waals surface area contributed by atoms with Gasteiger partial charge in [0.25, 0.3) is 0 Å².